The van der Waals surface area contributed by atoms with E-state index in [1.165, 1.54) is 12.1 Å². The minimum atomic E-state index is -0.693. The topological polar surface area (TPSA) is 110 Å². The van der Waals surface area contributed by atoms with Gasteiger partial charge in [0.2, 0.25) is 17.7 Å². The van der Waals surface area contributed by atoms with Crippen molar-refractivity contribution in [1.82, 2.24) is 4.90 Å². The molecule has 1 heterocycles. The summed E-state index contributed by atoms with van der Waals surface area (Å²) in [7, 11) is 0. The molecule has 1 N–H and O–H groups in total. The van der Waals surface area contributed by atoms with Gasteiger partial charge in [-0.25, -0.2) is 0 Å². The maximum atomic E-state index is 13.0. The molecule has 1 aliphatic carbocycles. The lowest BCUT2D eigenvalue weighted by molar-refractivity contribution is -0.384. The number of amides is 3. The number of hydrogen-bond acceptors (Lipinski definition) is 5. The fraction of sp³-hybridized carbons (Fsp3) is 0.526. The lowest BCUT2D eigenvalue weighted by Crippen LogP contribution is -2.60. The van der Waals surface area contributed by atoms with E-state index in [9.17, 15) is 24.5 Å². The number of benzene rings is 1. The van der Waals surface area contributed by atoms with Gasteiger partial charge in [-0.2, -0.15) is 0 Å². The van der Waals surface area contributed by atoms with Gasteiger partial charge in [0, 0.05) is 12.0 Å². The van der Waals surface area contributed by atoms with E-state index >= 15 is 0 Å². The molecule has 1 aromatic rings. The molecule has 2 unspecified atom stereocenters. The highest BCUT2D eigenvalue weighted by Gasteiger charge is 2.64. The number of piperidine rings is 1. The van der Waals surface area contributed by atoms with Gasteiger partial charge in [-0.15, -0.1) is 0 Å². The molecule has 1 saturated carbocycles. The lowest BCUT2D eigenvalue weighted by Gasteiger charge is -2.47. The van der Waals surface area contributed by atoms with Crippen LogP contribution in [0.4, 0.5) is 11.4 Å². The summed E-state index contributed by atoms with van der Waals surface area (Å²) in [5.74, 6) is -1.62. The van der Waals surface area contributed by atoms with Crippen LogP contribution >= 0.6 is 0 Å². The zero-order valence-corrected chi connectivity index (χ0v) is 15.9. The Morgan fingerprint density at radius 1 is 1.33 bits per heavy atom. The third-order valence-electron chi connectivity index (χ3n) is 6.43. The summed E-state index contributed by atoms with van der Waals surface area (Å²) in [5, 5.41) is 13.7. The first-order chi connectivity index (χ1) is 12.5. The molecule has 2 aliphatic rings. The third kappa shape index (κ3) is 2.79. The van der Waals surface area contributed by atoms with Crippen LogP contribution in [-0.4, -0.2) is 34.1 Å². The summed E-state index contributed by atoms with van der Waals surface area (Å²) in [6, 6.07) is 4.44. The second-order valence-electron chi connectivity index (χ2n) is 8.20. The second kappa shape index (κ2) is 6.14. The number of fused-ring (bicyclic) bond motifs is 2. The van der Waals surface area contributed by atoms with E-state index in [4.69, 9.17) is 0 Å². The normalized spacial score (nSPS) is 26.2. The summed E-state index contributed by atoms with van der Waals surface area (Å²) in [6.07, 6.45) is 1.23. The minimum Gasteiger partial charge on any atom is -0.319 e. The first kappa shape index (κ1) is 19.0. The van der Waals surface area contributed by atoms with Crippen molar-refractivity contribution in [1.29, 1.82) is 0 Å². The average molecular weight is 373 g/mol. The summed E-state index contributed by atoms with van der Waals surface area (Å²) in [6.45, 7) is 6.96. The highest BCUT2D eigenvalue weighted by atomic mass is 16.6. The highest BCUT2D eigenvalue weighted by molar-refractivity contribution is 6.07. The zero-order chi connectivity index (χ0) is 20.1. The van der Waals surface area contributed by atoms with Crippen LogP contribution < -0.4 is 5.32 Å². The van der Waals surface area contributed by atoms with E-state index in [1.54, 1.807) is 13.0 Å². The Morgan fingerprint density at radius 2 is 2.00 bits per heavy atom. The summed E-state index contributed by atoms with van der Waals surface area (Å²) in [5.41, 5.74) is -0.645. The first-order valence-electron chi connectivity index (χ1n) is 8.90. The van der Waals surface area contributed by atoms with Crippen molar-refractivity contribution in [2.75, 3.05) is 11.9 Å². The van der Waals surface area contributed by atoms with Gasteiger partial charge in [-0.1, -0.05) is 26.8 Å². The van der Waals surface area contributed by atoms with Gasteiger partial charge in [0.05, 0.1) is 10.3 Å². The molecule has 0 spiro atoms. The number of rotatable bonds is 4. The molecule has 1 aliphatic heterocycles. The number of nitro groups is 1. The molecular formula is C19H23N3O5. The van der Waals surface area contributed by atoms with Gasteiger partial charge in [-0.05, 0) is 36.8 Å². The third-order valence-corrected chi connectivity index (χ3v) is 6.43. The van der Waals surface area contributed by atoms with Gasteiger partial charge >= 0.3 is 0 Å². The molecule has 27 heavy (non-hydrogen) atoms. The quantitative estimate of drug-likeness (QED) is 0.496. The summed E-state index contributed by atoms with van der Waals surface area (Å²) in [4.78, 5) is 49.8. The van der Waals surface area contributed by atoms with Crippen LogP contribution in [0.2, 0.25) is 0 Å². The zero-order valence-electron chi connectivity index (χ0n) is 15.9. The minimum absolute atomic E-state index is 0.0435. The van der Waals surface area contributed by atoms with Crippen LogP contribution in [0.1, 0.15) is 39.2 Å². The van der Waals surface area contributed by atoms with Crippen molar-refractivity contribution in [3.8, 4) is 0 Å². The van der Waals surface area contributed by atoms with Crippen molar-refractivity contribution in [2.24, 2.45) is 16.7 Å². The molecule has 2 fully saturated rings. The van der Waals surface area contributed by atoms with Crippen LogP contribution in [0, 0.1) is 33.8 Å². The number of carbonyl (C=O) groups excluding carboxylic acids is 3. The number of anilines is 1. The fourth-order valence-electron chi connectivity index (χ4n) is 4.28. The number of nitrogens with one attached hydrogen (secondary N) is 1. The van der Waals surface area contributed by atoms with E-state index in [0.29, 0.717) is 18.4 Å². The van der Waals surface area contributed by atoms with E-state index in [2.05, 4.69) is 5.32 Å². The second-order valence-corrected chi connectivity index (χ2v) is 8.20. The Morgan fingerprint density at radius 3 is 2.63 bits per heavy atom. The Hall–Kier alpha value is -2.77. The molecule has 3 rings (SSSR count). The Kier molecular flexibility index (Phi) is 4.32. The number of imide groups is 1. The highest BCUT2D eigenvalue weighted by Crippen LogP contribution is 2.59. The van der Waals surface area contributed by atoms with Gasteiger partial charge in [0.1, 0.15) is 12.2 Å². The van der Waals surface area contributed by atoms with Gasteiger partial charge in [-0.3, -0.25) is 29.4 Å². The largest absolute Gasteiger partial charge is 0.319 e. The van der Waals surface area contributed by atoms with Crippen molar-refractivity contribution in [2.45, 2.75) is 40.5 Å². The van der Waals surface area contributed by atoms with Crippen molar-refractivity contribution in [3.05, 3.63) is 33.9 Å². The van der Waals surface area contributed by atoms with E-state index in [1.807, 2.05) is 20.8 Å². The maximum absolute atomic E-state index is 13.0. The molecule has 1 saturated heterocycles. The molecule has 144 valence electrons. The first-order valence-corrected chi connectivity index (χ1v) is 8.90. The maximum Gasteiger partial charge on any atom is 0.293 e. The molecule has 1 aromatic carbocycles. The monoisotopic (exact) mass is 373 g/mol. The number of likely N-dealkylation sites (tertiary alicyclic amines) is 1. The predicted molar refractivity (Wildman–Crippen MR) is 97.8 cm³/mol. The van der Waals surface area contributed by atoms with Crippen LogP contribution in [0.25, 0.3) is 0 Å². The average Bonchev–Trinajstić information content (AvgIpc) is 2.77. The fourth-order valence-corrected chi connectivity index (χ4v) is 4.28. The smallest absolute Gasteiger partial charge is 0.293 e. The van der Waals surface area contributed by atoms with Crippen molar-refractivity contribution in [3.63, 3.8) is 0 Å². The standard InChI is InChI=1S/C19H23N3O5/c1-11-5-6-13(14(9-11)22(26)27)20-15(23)10-21-16(24)12-7-8-19(4,17(21)25)18(12,2)3/h5-6,9,12H,7-8,10H2,1-4H3,(H,20,23). The van der Waals surface area contributed by atoms with Crippen LogP contribution in [-0.2, 0) is 14.4 Å². The van der Waals surface area contributed by atoms with Crippen molar-refractivity contribution >= 4 is 29.1 Å². The SMILES string of the molecule is Cc1ccc(NC(=O)CN2C(=O)C3CCC(C)(C2=O)C3(C)C)c([N+](=O)[O-])c1. The predicted octanol–water partition coefficient (Wildman–Crippen LogP) is 2.65. The molecule has 8 heteroatoms. The van der Waals surface area contributed by atoms with Gasteiger partial charge in [0.25, 0.3) is 5.69 Å². The van der Waals surface area contributed by atoms with Gasteiger partial charge < -0.3 is 5.32 Å². The molecule has 3 amide bonds. The number of hydrogen-bond donors (Lipinski definition) is 1. The lowest BCUT2D eigenvalue weighted by atomic mass is 9.62. The number of nitrogens with zero attached hydrogens (tertiary/aromatic N) is 2. The number of nitro benzene ring substituents is 1. The molecular weight excluding hydrogens is 350 g/mol. The van der Waals surface area contributed by atoms with Crippen LogP contribution in [0.15, 0.2) is 18.2 Å². The molecule has 2 bridgehead atoms. The summed E-state index contributed by atoms with van der Waals surface area (Å²) >= 11 is 0. The molecule has 0 aromatic heterocycles. The number of carbonyl (C=O) groups is 3. The van der Waals surface area contributed by atoms with E-state index in [-0.39, 0.29) is 29.1 Å². The van der Waals surface area contributed by atoms with Crippen LogP contribution in [0.5, 0.6) is 0 Å². The van der Waals surface area contributed by atoms with E-state index in [0.717, 1.165) is 4.90 Å². The molecule has 0 radical (unpaired) electrons. The van der Waals surface area contributed by atoms with Gasteiger partial charge in [0.15, 0.2) is 0 Å². The molecule has 2 atom stereocenters. The van der Waals surface area contributed by atoms with Crippen molar-refractivity contribution < 1.29 is 19.3 Å². The Labute approximate surface area is 157 Å². The van der Waals surface area contributed by atoms with E-state index < -0.39 is 28.2 Å². The Balaban J connectivity index is 1.81. The number of aryl methyl sites for hydroxylation is 1. The Bertz CT molecular complexity index is 863. The summed E-state index contributed by atoms with van der Waals surface area (Å²) < 4.78 is 0. The molecule has 8 nitrogen and oxygen atoms in total. The van der Waals surface area contributed by atoms with Crippen LogP contribution in [0.3, 0.4) is 0 Å².